The molecule has 0 atom stereocenters. The molecule has 0 unspecified atom stereocenters. The Balaban J connectivity index is 3.16. The van der Waals surface area contributed by atoms with Gasteiger partial charge in [-0.05, 0) is 37.8 Å². The first-order valence-corrected chi connectivity index (χ1v) is 10.1. The predicted molar refractivity (Wildman–Crippen MR) is 101 cm³/mol. The van der Waals surface area contributed by atoms with Crippen LogP contribution in [0.2, 0.25) is 0 Å². The van der Waals surface area contributed by atoms with Gasteiger partial charge in [0.15, 0.2) is 0 Å². The minimum Gasteiger partial charge on any atom is -0.129 e. The van der Waals surface area contributed by atoms with Crippen LogP contribution in [-0.4, -0.2) is 5.33 Å². The molecule has 0 aliphatic carbocycles. The normalized spacial score (nSPS) is 10.8. The Kier molecular flexibility index (Phi) is 19.5. The molecule has 0 saturated heterocycles. The second kappa shape index (κ2) is 19.7. The molecule has 0 N–H and O–H groups in total. The molecular formula is C20H35Br. The highest BCUT2D eigenvalue weighted by Crippen LogP contribution is 2.11. The SMILES string of the molecule is CCCCCCCCCCCCC=CCC=C=CCCBr. The van der Waals surface area contributed by atoms with E-state index in [4.69, 9.17) is 0 Å². The van der Waals surface area contributed by atoms with Crippen molar-refractivity contribution in [2.75, 3.05) is 5.33 Å². The summed E-state index contributed by atoms with van der Waals surface area (Å²) in [7, 11) is 0. The van der Waals surface area contributed by atoms with Crippen LogP contribution in [0.4, 0.5) is 0 Å². The van der Waals surface area contributed by atoms with Crippen LogP contribution in [0.25, 0.3) is 0 Å². The van der Waals surface area contributed by atoms with Gasteiger partial charge in [-0.2, -0.15) is 0 Å². The highest BCUT2D eigenvalue weighted by molar-refractivity contribution is 9.09. The number of allylic oxidation sites excluding steroid dienone is 3. The number of halogens is 1. The lowest BCUT2D eigenvalue weighted by Crippen LogP contribution is -1.81. The van der Waals surface area contributed by atoms with Gasteiger partial charge >= 0.3 is 0 Å². The highest BCUT2D eigenvalue weighted by Gasteiger charge is 1.91. The summed E-state index contributed by atoms with van der Waals surface area (Å²) < 4.78 is 0. The summed E-state index contributed by atoms with van der Waals surface area (Å²) in [6, 6.07) is 0. The molecule has 0 nitrogen and oxygen atoms in total. The third-order valence-electron chi connectivity index (χ3n) is 3.63. The van der Waals surface area contributed by atoms with Crippen molar-refractivity contribution in [3.8, 4) is 0 Å². The summed E-state index contributed by atoms with van der Waals surface area (Å²) in [6.07, 6.45) is 26.3. The van der Waals surface area contributed by atoms with Crippen molar-refractivity contribution in [3.05, 3.63) is 30.0 Å². The molecule has 0 heterocycles. The van der Waals surface area contributed by atoms with Crippen molar-refractivity contribution in [1.29, 1.82) is 0 Å². The Morgan fingerprint density at radius 2 is 1.33 bits per heavy atom. The molecule has 0 rings (SSSR count). The maximum Gasteiger partial charge on any atom is 0.00719 e. The van der Waals surface area contributed by atoms with Crippen molar-refractivity contribution in [2.24, 2.45) is 0 Å². The number of rotatable bonds is 15. The van der Waals surface area contributed by atoms with Crippen LogP contribution in [-0.2, 0) is 0 Å². The third kappa shape index (κ3) is 19.7. The number of alkyl halides is 1. The summed E-state index contributed by atoms with van der Waals surface area (Å²) in [5.74, 6) is 0. The van der Waals surface area contributed by atoms with Gasteiger partial charge in [0, 0.05) is 5.33 Å². The van der Waals surface area contributed by atoms with Gasteiger partial charge in [0.05, 0.1) is 0 Å². The van der Waals surface area contributed by atoms with E-state index >= 15 is 0 Å². The lowest BCUT2D eigenvalue weighted by Gasteiger charge is -2.01. The van der Waals surface area contributed by atoms with Crippen LogP contribution in [0.15, 0.2) is 30.0 Å². The van der Waals surface area contributed by atoms with E-state index in [1.165, 1.54) is 70.6 Å². The largest absolute Gasteiger partial charge is 0.129 e. The van der Waals surface area contributed by atoms with Crippen LogP contribution in [0.5, 0.6) is 0 Å². The number of hydrogen-bond acceptors (Lipinski definition) is 0. The summed E-state index contributed by atoms with van der Waals surface area (Å²) in [4.78, 5) is 0. The fourth-order valence-corrected chi connectivity index (χ4v) is 2.55. The van der Waals surface area contributed by atoms with Crippen LogP contribution >= 0.6 is 15.9 Å². The van der Waals surface area contributed by atoms with Crippen LogP contribution in [0, 0.1) is 0 Å². The van der Waals surface area contributed by atoms with Gasteiger partial charge in [-0.1, -0.05) is 92.8 Å². The first-order chi connectivity index (χ1) is 10.4. The Morgan fingerprint density at radius 3 is 1.95 bits per heavy atom. The number of hydrogen-bond donors (Lipinski definition) is 0. The van der Waals surface area contributed by atoms with Crippen molar-refractivity contribution in [3.63, 3.8) is 0 Å². The Bertz CT molecular complexity index is 272. The molecule has 0 aromatic rings. The summed E-state index contributed by atoms with van der Waals surface area (Å²) in [5.41, 5.74) is 3.20. The zero-order valence-corrected chi connectivity index (χ0v) is 15.7. The monoisotopic (exact) mass is 354 g/mol. The fraction of sp³-hybridized carbons (Fsp3) is 0.750. The van der Waals surface area contributed by atoms with Crippen molar-refractivity contribution >= 4 is 15.9 Å². The zero-order valence-electron chi connectivity index (χ0n) is 14.1. The molecule has 0 radical (unpaired) electrons. The molecule has 21 heavy (non-hydrogen) atoms. The Labute approximate surface area is 141 Å². The number of unbranched alkanes of at least 4 members (excludes halogenated alkanes) is 10. The zero-order chi connectivity index (χ0) is 15.4. The first-order valence-electron chi connectivity index (χ1n) is 9.02. The van der Waals surface area contributed by atoms with E-state index in [1.54, 1.807) is 0 Å². The van der Waals surface area contributed by atoms with Crippen LogP contribution in [0.1, 0.15) is 90.4 Å². The van der Waals surface area contributed by atoms with Gasteiger partial charge in [0.25, 0.3) is 0 Å². The van der Waals surface area contributed by atoms with E-state index in [-0.39, 0.29) is 0 Å². The average molecular weight is 355 g/mol. The molecule has 0 aliphatic heterocycles. The van der Waals surface area contributed by atoms with Crippen molar-refractivity contribution in [2.45, 2.75) is 90.4 Å². The molecule has 0 aromatic carbocycles. The molecule has 0 spiro atoms. The maximum atomic E-state index is 3.40. The second-order valence-corrected chi connectivity index (χ2v) is 6.52. The molecular weight excluding hydrogens is 320 g/mol. The molecule has 0 saturated carbocycles. The van der Waals surface area contributed by atoms with E-state index in [2.05, 4.69) is 52.9 Å². The third-order valence-corrected chi connectivity index (χ3v) is 4.09. The Morgan fingerprint density at radius 1 is 0.714 bits per heavy atom. The molecule has 1 heteroatoms. The molecule has 122 valence electrons. The highest BCUT2D eigenvalue weighted by atomic mass is 79.9. The van der Waals surface area contributed by atoms with Gasteiger partial charge in [-0.15, -0.1) is 5.73 Å². The van der Waals surface area contributed by atoms with E-state index in [1.807, 2.05) is 0 Å². The van der Waals surface area contributed by atoms with Gasteiger partial charge in [-0.3, -0.25) is 0 Å². The molecule has 0 amide bonds. The minimum absolute atomic E-state index is 1.02. The molecule has 0 aliphatic rings. The lowest BCUT2D eigenvalue weighted by molar-refractivity contribution is 0.557. The second-order valence-electron chi connectivity index (χ2n) is 5.73. The van der Waals surface area contributed by atoms with Gasteiger partial charge in [0.2, 0.25) is 0 Å². The average Bonchev–Trinajstić information content (AvgIpc) is 2.50. The van der Waals surface area contributed by atoms with E-state index in [0.29, 0.717) is 0 Å². The smallest absolute Gasteiger partial charge is 0.00719 e. The van der Waals surface area contributed by atoms with Crippen LogP contribution in [0.3, 0.4) is 0 Å². The standard InChI is InChI=1S/C20H35Br/c1-2-3-4-5-6-7-8-9-10-11-12-13-14-15-16-17-18-19-20-21/h13-14,16,18H,2-12,15,19-20H2,1H3. The topological polar surface area (TPSA) is 0 Å². The van der Waals surface area contributed by atoms with Gasteiger partial charge < -0.3 is 0 Å². The van der Waals surface area contributed by atoms with Crippen molar-refractivity contribution in [1.82, 2.24) is 0 Å². The van der Waals surface area contributed by atoms with E-state index in [0.717, 1.165) is 18.2 Å². The minimum atomic E-state index is 1.02. The lowest BCUT2D eigenvalue weighted by atomic mass is 10.1. The Hall–Kier alpha value is -0.260. The quantitative estimate of drug-likeness (QED) is 0.122. The first kappa shape index (κ1) is 20.7. The van der Waals surface area contributed by atoms with E-state index < -0.39 is 0 Å². The summed E-state index contributed by atoms with van der Waals surface area (Å²) in [5, 5.41) is 1.03. The van der Waals surface area contributed by atoms with Crippen molar-refractivity contribution < 1.29 is 0 Å². The fourth-order valence-electron chi connectivity index (χ4n) is 2.32. The van der Waals surface area contributed by atoms with E-state index in [9.17, 15) is 0 Å². The molecule has 0 aromatic heterocycles. The summed E-state index contributed by atoms with van der Waals surface area (Å²) >= 11 is 3.40. The summed E-state index contributed by atoms with van der Waals surface area (Å²) in [6.45, 7) is 2.28. The molecule has 0 bridgehead atoms. The van der Waals surface area contributed by atoms with Gasteiger partial charge in [-0.25, -0.2) is 0 Å². The predicted octanol–water partition coefficient (Wildman–Crippen LogP) is 7.74. The van der Waals surface area contributed by atoms with Crippen LogP contribution < -0.4 is 0 Å². The van der Waals surface area contributed by atoms with Gasteiger partial charge in [0.1, 0.15) is 0 Å². The maximum absolute atomic E-state index is 3.40. The molecule has 0 fully saturated rings.